The molecule has 0 saturated heterocycles. The van der Waals surface area contributed by atoms with Gasteiger partial charge in [-0.1, -0.05) is 115 Å². The first-order chi connectivity index (χ1) is 11.2. The molecule has 0 heterocycles. The highest BCUT2D eigenvalue weighted by Gasteiger charge is 2.20. The Morgan fingerprint density at radius 2 is 0.962 bits per heavy atom. The lowest BCUT2D eigenvalue weighted by atomic mass is 9.79. The number of hydrogen-bond donors (Lipinski definition) is 1. The number of benzene rings is 1. The Hall–Kier alpha value is -0.820. The molecule has 0 radical (unpaired) electrons. The van der Waals surface area contributed by atoms with Crippen LogP contribution in [0.15, 0.2) is 18.2 Å². The van der Waals surface area contributed by atoms with Gasteiger partial charge in [-0.2, -0.15) is 0 Å². The van der Waals surface area contributed by atoms with Crippen LogP contribution in [0.25, 0.3) is 0 Å². The first-order valence-corrected chi connectivity index (χ1v) is 9.91. The van der Waals surface area contributed by atoms with Crippen LogP contribution < -0.4 is 0 Å². The fourth-order valence-corrected chi connectivity index (χ4v) is 1.92. The van der Waals surface area contributed by atoms with Crippen molar-refractivity contribution in [1.82, 2.24) is 0 Å². The molecule has 26 heavy (non-hydrogen) atoms. The molecule has 1 aromatic carbocycles. The van der Waals surface area contributed by atoms with E-state index in [0.717, 1.165) is 5.56 Å². The normalized spacial score (nSPS) is 12.6. The topological polar surface area (TPSA) is 20.2 Å². The molecule has 0 unspecified atom stereocenters. The van der Waals surface area contributed by atoms with E-state index in [9.17, 15) is 5.11 Å². The van der Waals surface area contributed by atoms with Gasteiger partial charge in [0.05, 0.1) is 6.61 Å². The maximum absolute atomic E-state index is 9.47. The standard InChI is InChI=1S/C15H24O.2C5H12/c1-14(2,3)12-7-8-13(15(4,5)6)11(9-12)10-16;2*1-5(2,3)4/h7-9,16H,10H2,1-6H3;2*1-4H3. The summed E-state index contributed by atoms with van der Waals surface area (Å²) in [6.45, 7) is 30.7. The average molecular weight is 365 g/mol. The quantitative estimate of drug-likeness (QED) is 0.537. The molecule has 1 heteroatoms. The zero-order chi connectivity index (χ0) is 21.6. The molecule has 0 fully saturated rings. The second-order valence-electron chi connectivity index (χ2n) is 12.5. The Balaban J connectivity index is 0. The van der Waals surface area contributed by atoms with Crippen molar-refractivity contribution in [3.8, 4) is 0 Å². The monoisotopic (exact) mass is 364 g/mol. The van der Waals surface area contributed by atoms with E-state index < -0.39 is 0 Å². The molecule has 1 aromatic rings. The SMILES string of the molecule is CC(C)(C)C.CC(C)(C)C.CC(C)(C)c1ccc(C(C)(C)C)c(CO)c1. The summed E-state index contributed by atoms with van der Waals surface area (Å²) in [7, 11) is 0. The van der Waals surface area contributed by atoms with Gasteiger partial charge in [0.1, 0.15) is 0 Å². The molecular formula is C25H48O. The van der Waals surface area contributed by atoms with Crippen LogP contribution >= 0.6 is 0 Å². The van der Waals surface area contributed by atoms with Gasteiger partial charge in [0.25, 0.3) is 0 Å². The van der Waals surface area contributed by atoms with Gasteiger partial charge in [-0.05, 0) is 38.4 Å². The number of rotatable bonds is 1. The molecule has 1 rings (SSSR count). The van der Waals surface area contributed by atoms with Crippen molar-refractivity contribution in [2.24, 2.45) is 10.8 Å². The highest BCUT2D eigenvalue weighted by molar-refractivity contribution is 5.38. The molecule has 1 N–H and O–H groups in total. The molecule has 0 amide bonds. The molecule has 0 aliphatic heterocycles. The van der Waals surface area contributed by atoms with Crippen molar-refractivity contribution in [1.29, 1.82) is 0 Å². The van der Waals surface area contributed by atoms with E-state index in [1.54, 1.807) is 0 Å². The summed E-state index contributed by atoms with van der Waals surface area (Å²) in [5, 5.41) is 9.47. The first kappa shape index (κ1) is 27.4. The summed E-state index contributed by atoms with van der Waals surface area (Å²) in [6, 6.07) is 6.48. The van der Waals surface area contributed by atoms with Crippen molar-refractivity contribution < 1.29 is 5.11 Å². The maximum Gasteiger partial charge on any atom is 0.0684 e. The predicted octanol–water partition coefficient (Wildman–Crippen LogP) is 7.88. The summed E-state index contributed by atoms with van der Waals surface area (Å²) < 4.78 is 0. The van der Waals surface area contributed by atoms with E-state index in [1.807, 2.05) is 0 Å². The van der Waals surface area contributed by atoms with E-state index in [1.165, 1.54) is 11.1 Å². The van der Waals surface area contributed by atoms with Crippen LogP contribution in [0.5, 0.6) is 0 Å². The Bertz CT molecular complexity index is 487. The summed E-state index contributed by atoms with van der Waals surface area (Å²) >= 11 is 0. The van der Waals surface area contributed by atoms with Crippen molar-refractivity contribution in [3.63, 3.8) is 0 Å². The second-order valence-corrected chi connectivity index (χ2v) is 12.5. The van der Waals surface area contributed by atoms with Crippen molar-refractivity contribution in [3.05, 3.63) is 34.9 Å². The van der Waals surface area contributed by atoms with E-state index in [-0.39, 0.29) is 17.4 Å². The molecule has 154 valence electrons. The van der Waals surface area contributed by atoms with Crippen molar-refractivity contribution in [2.45, 2.75) is 114 Å². The van der Waals surface area contributed by atoms with Crippen LogP contribution in [0, 0.1) is 10.8 Å². The zero-order valence-corrected chi connectivity index (χ0v) is 20.4. The first-order valence-electron chi connectivity index (χ1n) is 9.91. The number of hydrogen-bond acceptors (Lipinski definition) is 1. The van der Waals surface area contributed by atoms with Gasteiger partial charge in [0, 0.05) is 0 Å². The van der Waals surface area contributed by atoms with E-state index in [4.69, 9.17) is 0 Å². The fraction of sp³-hybridized carbons (Fsp3) is 0.760. The molecule has 0 aliphatic rings. The summed E-state index contributed by atoms with van der Waals surface area (Å²) in [5.41, 5.74) is 4.81. The lowest BCUT2D eigenvalue weighted by Gasteiger charge is -2.26. The average Bonchev–Trinajstić information content (AvgIpc) is 2.31. The third kappa shape index (κ3) is 16.6. The molecule has 0 saturated carbocycles. The van der Waals surface area contributed by atoms with Crippen LogP contribution in [0.2, 0.25) is 0 Å². The minimum Gasteiger partial charge on any atom is -0.392 e. The number of aliphatic hydroxyl groups excluding tert-OH is 1. The highest BCUT2D eigenvalue weighted by atomic mass is 16.3. The molecule has 1 nitrogen and oxygen atoms in total. The van der Waals surface area contributed by atoms with Gasteiger partial charge >= 0.3 is 0 Å². The lowest BCUT2D eigenvalue weighted by Crippen LogP contribution is -2.17. The highest BCUT2D eigenvalue weighted by Crippen LogP contribution is 2.30. The van der Waals surface area contributed by atoms with Gasteiger partial charge in [0.15, 0.2) is 0 Å². The van der Waals surface area contributed by atoms with Gasteiger partial charge in [-0.3, -0.25) is 0 Å². The summed E-state index contributed by atoms with van der Waals surface area (Å²) in [6.07, 6.45) is 0. The van der Waals surface area contributed by atoms with Crippen LogP contribution in [0.3, 0.4) is 0 Å². The Morgan fingerprint density at radius 3 is 1.19 bits per heavy atom. The Morgan fingerprint density at radius 1 is 0.615 bits per heavy atom. The van der Waals surface area contributed by atoms with Crippen LogP contribution in [0.1, 0.15) is 114 Å². The molecular weight excluding hydrogens is 316 g/mol. The van der Waals surface area contributed by atoms with E-state index in [2.05, 4.69) is 115 Å². The minimum atomic E-state index is 0.0917. The van der Waals surface area contributed by atoms with Crippen LogP contribution in [0.4, 0.5) is 0 Å². The summed E-state index contributed by atoms with van der Waals surface area (Å²) in [4.78, 5) is 0. The second kappa shape index (κ2) is 9.93. The van der Waals surface area contributed by atoms with Crippen molar-refractivity contribution >= 4 is 0 Å². The molecule has 0 bridgehead atoms. The zero-order valence-electron chi connectivity index (χ0n) is 20.4. The third-order valence-electron chi connectivity index (χ3n) is 2.95. The molecule has 0 aromatic heterocycles. The van der Waals surface area contributed by atoms with Gasteiger partial charge in [-0.15, -0.1) is 0 Å². The summed E-state index contributed by atoms with van der Waals surface area (Å²) in [5.74, 6) is 0. The third-order valence-corrected chi connectivity index (χ3v) is 2.95. The fourth-order valence-electron chi connectivity index (χ4n) is 1.92. The van der Waals surface area contributed by atoms with E-state index in [0.29, 0.717) is 10.8 Å². The predicted molar refractivity (Wildman–Crippen MR) is 120 cm³/mol. The molecule has 0 spiro atoms. The van der Waals surface area contributed by atoms with Gasteiger partial charge in [-0.25, -0.2) is 0 Å². The molecule has 0 aliphatic carbocycles. The van der Waals surface area contributed by atoms with Gasteiger partial charge in [0.2, 0.25) is 0 Å². The Kier molecular flexibility index (Phi) is 10.5. The lowest BCUT2D eigenvalue weighted by molar-refractivity contribution is 0.278. The van der Waals surface area contributed by atoms with Crippen LogP contribution in [-0.4, -0.2) is 5.11 Å². The number of aliphatic hydroxyl groups is 1. The van der Waals surface area contributed by atoms with Crippen LogP contribution in [-0.2, 0) is 17.4 Å². The van der Waals surface area contributed by atoms with Gasteiger partial charge < -0.3 is 5.11 Å². The maximum atomic E-state index is 9.47. The molecule has 0 atom stereocenters. The van der Waals surface area contributed by atoms with E-state index >= 15 is 0 Å². The largest absolute Gasteiger partial charge is 0.392 e. The van der Waals surface area contributed by atoms with Crippen molar-refractivity contribution in [2.75, 3.05) is 0 Å². The smallest absolute Gasteiger partial charge is 0.0684 e. The Labute approximate surface area is 165 Å². The minimum absolute atomic E-state index is 0.0917.